The smallest absolute Gasteiger partial charge is 0.271 e. The van der Waals surface area contributed by atoms with Gasteiger partial charge in [0.25, 0.3) is 15.9 Å². The lowest BCUT2D eigenvalue weighted by molar-refractivity contribution is 0.0953. The zero-order chi connectivity index (χ0) is 20.0. The molecule has 146 valence electrons. The van der Waals surface area contributed by atoms with Crippen LogP contribution in [0.5, 0.6) is 0 Å². The molecule has 0 radical (unpaired) electrons. The van der Waals surface area contributed by atoms with Gasteiger partial charge in [-0.2, -0.15) is 0 Å². The lowest BCUT2D eigenvalue weighted by Gasteiger charge is -2.08. The highest BCUT2D eigenvalue weighted by Crippen LogP contribution is 2.20. The molecule has 5 nitrogen and oxygen atoms in total. The highest BCUT2D eigenvalue weighted by molar-refractivity contribution is 7.94. The average molecular weight is 415 g/mol. The Morgan fingerprint density at radius 2 is 1.82 bits per heavy atom. The Bertz CT molecular complexity index is 1030. The Hall–Kier alpha value is -2.64. The lowest BCUT2D eigenvalue weighted by Crippen LogP contribution is -2.24. The summed E-state index contributed by atoms with van der Waals surface area (Å²) in [4.78, 5) is 12.2. The molecule has 0 fully saturated rings. The summed E-state index contributed by atoms with van der Waals surface area (Å²) in [5.41, 5.74) is 3.41. The van der Waals surface area contributed by atoms with E-state index in [2.05, 4.69) is 35.2 Å². The van der Waals surface area contributed by atoms with Crippen LogP contribution in [0, 0.1) is 6.92 Å². The molecule has 1 aromatic heterocycles. The number of benzene rings is 2. The Labute approximate surface area is 169 Å². The van der Waals surface area contributed by atoms with Crippen molar-refractivity contribution >= 4 is 33.0 Å². The molecule has 0 aliphatic carbocycles. The average Bonchev–Trinajstić information content (AvgIpc) is 3.21. The summed E-state index contributed by atoms with van der Waals surface area (Å²) in [6.45, 7) is 2.65. The molecule has 1 heterocycles. The van der Waals surface area contributed by atoms with Gasteiger partial charge in [0.05, 0.1) is 0 Å². The van der Waals surface area contributed by atoms with E-state index < -0.39 is 10.0 Å². The van der Waals surface area contributed by atoms with Crippen LogP contribution in [0.2, 0.25) is 0 Å². The molecule has 3 aromatic rings. The highest BCUT2D eigenvalue weighted by atomic mass is 32.2. The Balaban J connectivity index is 1.49. The fourth-order valence-corrected chi connectivity index (χ4v) is 4.83. The van der Waals surface area contributed by atoms with Crippen molar-refractivity contribution in [2.24, 2.45) is 0 Å². The third kappa shape index (κ3) is 5.43. The van der Waals surface area contributed by atoms with Gasteiger partial charge in [-0.3, -0.25) is 9.52 Å². The molecule has 0 bridgehead atoms. The van der Waals surface area contributed by atoms with Crippen LogP contribution in [0.1, 0.15) is 27.9 Å². The fraction of sp³-hybridized carbons (Fsp3) is 0.190. The maximum Gasteiger partial charge on any atom is 0.271 e. The standard InChI is InChI=1S/C21H22N2O3S2/c1-16-5-2-6-17(15-16)7-3-13-22-21(24)18-9-11-19(12-10-18)23-28(25,26)20-8-4-14-27-20/h2,4-6,8-12,14-15,23H,3,7,13H2,1H3,(H,22,24). The largest absolute Gasteiger partial charge is 0.352 e. The minimum absolute atomic E-state index is 0.170. The van der Waals surface area contributed by atoms with Crippen molar-refractivity contribution in [3.63, 3.8) is 0 Å². The number of sulfonamides is 1. The van der Waals surface area contributed by atoms with Crippen LogP contribution in [0.25, 0.3) is 0 Å². The molecule has 0 aliphatic heterocycles. The first-order chi connectivity index (χ1) is 13.4. The molecule has 1 amide bonds. The van der Waals surface area contributed by atoms with E-state index in [0.717, 1.165) is 24.2 Å². The number of nitrogens with one attached hydrogen (secondary N) is 2. The normalized spacial score (nSPS) is 11.2. The number of hydrogen-bond acceptors (Lipinski definition) is 4. The van der Waals surface area contributed by atoms with E-state index >= 15 is 0 Å². The van der Waals surface area contributed by atoms with Crippen molar-refractivity contribution in [1.29, 1.82) is 0 Å². The van der Waals surface area contributed by atoms with E-state index in [9.17, 15) is 13.2 Å². The van der Waals surface area contributed by atoms with E-state index in [0.29, 0.717) is 17.8 Å². The van der Waals surface area contributed by atoms with Gasteiger partial charge in [0.1, 0.15) is 4.21 Å². The summed E-state index contributed by atoms with van der Waals surface area (Å²) >= 11 is 1.15. The van der Waals surface area contributed by atoms with Gasteiger partial charge >= 0.3 is 0 Å². The number of anilines is 1. The number of aryl methyl sites for hydroxylation is 2. The van der Waals surface area contributed by atoms with Gasteiger partial charge in [-0.1, -0.05) is 35.9 Å². The number of carbonyl (C=O) groups excluding carboxylic acids is 1. The topological polar surface area (TPSA) is 75.3 Å². The molecule has 7 heteroatoms. The van der Waals surface area contributed by atoms with Gasteiger partial charge in [0, 0.05) is 17.8 Å². The molecule has 0 spiro atoms. The maximum absolute atomic E-state index is 12.2. The summed E-state index contributed by atoms with van der Waals surface area (Å²) in [7, 11) is -3.58. The van der Waals surface area contributed by atoms with Crippen LogP contribution in [0.3, 0.4) is 0 Å². The first-order valence-electron chi connectivity index (χ1n) is 8.94. The van der Waals surface area contributed by atoms with Crippen LogP contribution >= 0.6 is 11.3 Å². The second kappa shape index (κ2) is 9.03. The van der Waals surface area contributed by atoms with Crippen molar-refractivity contribution < 1.29 is 13.2 Å². The van der Waals surface area contributed by atoms with Crippen LogP contribution < -0.4 is 10.0 Å². The number of carbonyl (C=O) groups is 1. The summed E-state index contributed by atoms with van der Waals surface area (Å²) in [6.07, 6.45) is 1.76. The molecule has 28 heavy (non-hydrogen) atoms. The van der Waals surface area contributed by atoms with Crippen molar-refractivity contribution in [2.45, 2.75) is 24.0 Å². The lowest BCUT2D eigenvalue weighted by atomic mass is 10.1. The third-order valence-electron chi connectivity index (χ3n) is 4.17. The molecule has 0 unspecified atom stereocenters. The van der Waals surface area contributed by atoms with Gasteiger partial charge < -0.3 is 5.32 Å². The molecule has 2 N–H and O–H groups in total. The summed E-state index contributed by atoms with van der Waals surface area (Å²) in [5.74, 6) is -0.170. The third-order valence-corrected chi connectivity index (χ3v) is 6.95. The van der Waals surface area contributed by atoms with E-state index in [-0.39, 0.29) is 10.1 Å². The second-order valence-electron chi connectivity index (χ2n) is 6.46. The van der Waals surface area contributed by atoms with Crippen LogP contribution in [0.4, 0.5) is 5.69 Å². The molecular formula is C21H22N2O3S2. The predicted molar refractivity (Wildman–Crippen MR) is 113 cm³/mol. The molecule has 0 aliphatic rings. The van der Waals surface area contributed by atoms with Crippen molar-refractivity contribution in [3.8, 4) is 0 Å². The molecule has 0 saturated carbocycles. The van der Waals surface area contributed by atoms with Gasteiger partial charge in [0.15, 0.2) is 0 Å². The maximum atomic E-state index is 12.2. The molecule has 0 atom stereocenters. The van der Waals surface area contributed by atoms with E-state index in [1.165, 1.54) is 11.1 Å². The minimum atomic E-state index is -3.58. The molecule has 3 rings (SSSR count). The monoisotopic (exact) mass is 414 g/mol. The Morgan fingerprint density at radius 3 is 2.50 bits per heavy atom. The van der Waals surface area contributed by atoms with E-state index in [1.54, 1.807) is 41.8 Å². The predicted octanol–water partition coefficient (Wildman–Crippen LogP) is 4.22. The van der Waals surface area contributed by atoms with Gasteiger partial charge in [0.2, 0.25) is 0 Å². The van der Waals surface area contributed by atoms with Crippen molar-refractivity contribution in [2.75, 3.05) is 11.3 Å². The van der Waals surface area contributed by atoms with Gasteiger partial charge in [-0.05, 0) is 61.0 Å². The molecule has 2 aromatic carbocycles. The van der Waals surface area contributed by atoms with Gasteiger partial charge in [-0.15, -0.1) is 11.3 Å². The zero-order valence-electron chi connectivity index (χ0n) is 15.5. The molecular weight excluding hydrogens is 392 g/mol. The van der Waals surface area contributed by atoms with Crippen LogP contribution in [-0.4, -0.2) is 20.9 Å². The Morgan fingerprint density at radius 1 is 1.04 bits per heavy atom. The summed E-state index contributed by atoms with van der Waals surface area (Å²) < 4.78 is 27.2. The second-order valence-corrected chi connectivity index (χ2v) is 9.32. The summed E-state index contributed by atoms with van der Waals surface area (Å²) in [5, 5.41) is 4.61. The SMILES string of the molecule is Cc1cccc(CCCNC(=O)c2ccc(NS(=O)(=O)c3cccs3)cc2)c1. The number of amides is 1. The number of thiophene rings is 1. The van der Waals surface area contributed by atoms with E-state index in [4.69, 9.17) is 0 Å². The fourth-order valence-electron chi connectivity index (χ4n) is 2.78. The van der Waals surface area contributed by atoms with Gasteiger partial charge in [-0.25, -0.2) is 8.42 Å². The zero-order valence-corrected chi connectivity index (χ0v) is 17.1. The number of rotatable bonds is 8. The minimum Gasteiger partial charge on any atom is -0.352 e. The first-order valence-corrected chi connectivity index (χ1v) is 11.3. The first kappa shape index (κ1) is 20.1. The summed E-state index contributed by atoms with van der Waals surface area (Å²) in [6, 6.07) is 18.0. The van der Waals surface area contributed by atoms with E-state index in [1.807, 2.05) is 6.07 Å². The number of hydrogen-bond donors (Lipinski definition) is 2. The Kier molecular flexibility index (Phi) is 6.49. The quantitative estimate of drug-likeness (QED) is 0.542. The highest BCUT2D eigenvalue weighted by Gasteiger charge is 2.15. The molecule has 0 saturated heterocycles. The van der Waals surface area contributed by atoms with Crippen molar-refractivity contribution in [3.05, 3.63) is 82.7 Å². The van der Waals surface area contributed by atoms with Crippen LogP contribution in [-0.2, 0) is 16.4 Å². The van der Waals surface area contributed by atoms with Crippen molar-refractivity contribution in [1.82, 2.24) is 5.32 Å². The van der Waals surface area contributed by atoms with Crippen LogP contribution in [0.15, 0.2) is 70.3 Å².